The second-order valence-corrected chi connectivity index (χ2v) is 8.75. The number of benzene rings is 3. The number of ether oxygens (including phenoxy) is 1. The number of rotatable bonds is 10. The molecular formula is C26H32NO2S+. The van der Waals surface area contributed by atoms with E-state index in [2.05, 4.69) is 80.9 Å². The van der Waals surface area contributed by atoms with Crippen LogP contribution in [0.2, 0.25) is 0 Å². The topological polar surface area (TPSA) is 33.9 Å². The molecular weight excluding hydrogens is 390 g/mol. The first-order valence-corrected chi connectivity index (χ1v) is 11.6. The van der Waals surface area contributed by atoms with Crippen molar-refractivity contribution in [2.75, 3.05) is 26.5 Å². The van der Waals surface area contributed by atoms with E-state index in [9.17, 15) is 5.11 Å². The zero-order valence-electron chi connectivity index (χ0n) is 18.0. The summed E-state index contributed by atoms with van der Waals surface area (Å²) in [6.07, 6.45) is 1.38. The van der Waals surface area contributed by atoms with Crippen molar-refractivity contribution in [1.29, 1.82) is 0 Å². The average Bonchev–Trinajstić information content (AvgIpc) is 2.76. The molecule has 0 aliphatic rings. The van der Waals surface area contributed by atoms with Gasteiger partial charge in [-0.05, 0) is 36.4 Å². The molecule has 3 aromatic rings. The van der Waals surface area contributed by atoms with E-state index in [0.717, 1.165) is 17.7 Å². The van der Waals surface area contributed by atoms with Crippen LogP contribution in [0.3, 0.4) is 0 Å². The molecule has 0 aliphatic carbocycles. The molecule has 30 heavy (non-hydrogen) atoms. The van der Waals surface area contributed by atoms with Gasteiger partial charge in [0, 0.05) is 10.5 Å². The van der Waals surface area contributed by atoms with Gasteiger partial charge < -0.3 is 14.7 Å². The van der Waals surface area contributed by atoms with Crippen LogP contribution < -0.4 is 4.90 Å². The van der Waals surface area contributed by atoms with E-state index in [0.29, 0.717) is 13.2 Å². The van der Waals surface area contributed by atoms with Gasteiger partial charge in [-0.2, -0.15) is 0 Å². The molecule has 0 aromatic heterocycles. The normalized spacial score (nSPS) is 14.3. The van der Waals surface area contributed by atoms with Gasteiger partial charge in [0.15, 0.2) is 0 Å². The van der Waals surface area contributed by atoms with Crippen molar-refractivity contribution in [2.24, 2.45) is 0 Å². The molecule has 0 spiro atoms. The van der Waals surface area contributed by atoms with Crippen LogP contribution in [0.25, 0.3) is 0 Å². The Hall–Kier alpha value is -2.11. The number of likely N-dealkylation sites (N-methyl/N-ethyl adjacent to an activating group) is 1. The quantitative estimate of drug-likeness (QED) is 0.486. The first kappa shape index (κ1) is 22.6. The van der Waals surface area contributed by atoms with Gasteiger partial charge in [-0.25, -0.2) is 0 Å². The smallest absolute Gasteiger partial charge is 0.126 e. The minimum absolute atomic E-state index is 0.180. The summed E-state index contributed by atoms with van der Waals surface area (Å²) in [4.78, 5) is 2.53. The van der Waals surface area contributed by atoms with E-state index >= 15 is 0 Å². The Morgan fingerprint density at radius 3 is 2.17 bits per heavy atom. The number of quaternary nitrogens is 1. The van der Waals surface area contributed by atoms with Gasteiger partial charge >= 0.3 is 0 Å². The number of aliphatic hydroxyl groups is 1. The molecule has 0 heterocycles. The van der Waals surface area contributed by atoms with Gasteiger partial charge in [-0.15, -0.1) is 11.8 Å². The molecule has 2 N–H and O–H groups in total. The molecule has 158 valence electrons. The minimum Gasteiger partial charge on any atom is -0.385 e. The van der Waals surface area contributed by atoms with Crippen molar-refractivity contribution in [3.05, 3.63) is 101 Å². The molecule has 4 heteroatoms. The first-order chi connectivity index (χ1) is 14.5. The molecule has 3 atom stereocenters. The van der Waals surface area contributed by atoms with Crippen molar-refractivity contribution in [2.45, 2.75) is 30.6 Å². The lowest BCUT2D eigenvalue weighted by Gasteiger charge is -2.23. The van der Waals surface area contributed by atoms with Crippen LogP contribution in [0.5, 0.6) is 0 Å². The Bertz CT molecular complexity index is 881. The van der Waals surface area contributed by atoms with Gasteiger partial charge in [0.05, 0.1) is 13.7 Å². The van der Waals surface area contributed by atoms with Crippen molar-refractivity contribution in [3.63, 3.8) is 0 Å². The third-order valence-corrected chi connectivity index (χ3v) is 5.93. The highest BCUT2D eigenvalue weighted by atomic mass is 32.2. The third-order valence-electron chi connectivity index (χ3n) is 5.19. The zero-order valence-corrected chi connectivity index (χ0v) is 18.9. The minimum atomic E-state index is -0.521. The number of aliphatic hydroxyl groups excluding tert-OH is 1. The predicted molar refractivity (Wildman–Crippen MR) is 125 cm³/mol. The average molecular weight is 423 g/mol. The summed E-state index contributed by atoms with van der Waals surface area (Å²) in [5.74, 6) is 0. The van der Waals surface area contributed by atoms with E-state index in [4.69, 9.17) is 4.74 Å². The van der Waals surface area contributed by atoms with Crippen LogP contribution in [0.1, 0.15) is 28.4 Å². The standard InChI is InChI=1S/C26H31NO2S/c1-20-9-13-23(14-10-20)26(22-7-5-4-6-8-22)29-19-24(28)18-27(2)17-21-11-15-25(30-3)16-12-21/h4-16,24,26,28H,17-19H2,1-3H3/p+1/t24-,26+/m0/s1. The van der Waals surface area contributed by atoms with Gasteiger partial charge in [-0.1, -0.05) is 72.3 Å². The van der Waals surface area contributed by atoms with Crippen LogP contribution in [0.15, 0.2) is 83.8 Å². The highest BCUT2D eigenvalue weighted by Crippen LogP contribution is 2.26. The molecule has 3 nitrogen and oxygen atoms in total. The fourth-order valence-corrected chi connectivity index (χ4v) is 3.99. The summed E-state index contributed by atoms with van der Waals surface area (Å²) in [6.45, 7) is 3.90. The molecule has 1 unspecified atom stereocenters. The van der Waals surface area contributed by atoms with Crippen molar-refractivity contribution in [3.8, 4) is 0 Å². The first-order valence-electron chi connectivity index (χ1n) is 10.4. The lowest BCUT2D eigenvalue weighted by Crippen LogP contribution is -3.08. The Morgan fingerprint density at radius 1 is 0.900 bits per heavy atom. The Balaban J connectivity index is 1.58. The fraction of sp³-hybridized carbons (Fsp3) is 0.308. The molecule has 0 amide bonds. The number of nitrogens with one attached hydrogen (secondary N) is 1. The maximum Gasteiger partial charge on any atom is 0.126 e. The predicted octanol–water partition coefficient (Wildman–Crippen LogP) is 3.90. The van der Waals surface area contributed by atoms with Gasteiger partial charge in [0.25, 0.3) is 0 Å². The number of hydrogen-bond acceptors (Lipinski definition) is 3. The highest BCUT2D eigenvalue weighted by molar-refractivity contribution is 7.98. The number of thioether (sulfide) groups is 1. The Labute approximate surface area is 184 Å². The summed E-state index contributed by atoms with van der Waals surface area (Å²) in [6, 6.07) is 27.3. The molecule has 3 rings (SSSR count). The summed E-state index contributed by atoms with van der Waals surface area (Å²) in [5, 5.41) is 10.6. The molecule has 0 aliphatic heterocycles. The monoisotopic (exact) mass is 422 g/mol. The largest absolute Gasteiger partial charge is 0.385 e. The van der Waals surface area contributed by atoms with E-state index in [1.54, 1.807) is 11.8 Å². The molecule has 0 radical (unpaired) electrons. The number of aryl methyl sites for hydroxylation is 1. The molecule has 0 saturated carbocycles. The summed E-state index contributed by atoms with van der Waals surface area (Å²) in [7, 11) is 2.11. The van der Waals surface area contributed by atoms with Gasteiger partial charge in [0.2, 0.25) is 0 Å². The summed E-state index contributed by atoms with van der Waals surface area (Å²) in [5.41, 5.74) is 4.71. The SMILES string of the molecule is CSc1ccc(C[NH+](C)C[C@H](O)CO[C@H](c2ccccc2)c2ccc(C)cc2)cc1. The second-order valence-electron chi connectivity index (χ2n) is 7.87. The molecule has 3 aromatic carbocycles. The van der Waals surface area contributed by atoms with Crippen molar-refractivity contribution >= 4 is 11.8 Å². The summed E-state index contributed by atoms with van der Waals surface area (Å²) >= 11 is 1.75. The van der Waals surface area contributed by atoms with Crippen LogP contribution in [0.4, 0.5) is 0 Å². The van der Waals surface area contributed by atoms with E-state index in [-0.39, 0.29) is 6.10 Å². The zero-order chi connectivity index (χ0) is 21.3. The van der Waals surface area contributed by atoms with Gasteiger partial charge in [0.1, 0.15) is 25.3 Å². The third kappa shape index (κ3) is 6.71. The molecule has 0 saturated heterocycles. The van der Waals surface area contributed by atoms with Crippen LogP contribution in [-0.2, 0) is 11.3 Å². The van der Waals surface area contributed by atoms with Crippen molar-refractivity contribution in [1.82, 2.24) is 0 Å². The summed E-state index contributed by atoms with van der Waals surface area (Å²) < 4.78 is 6.23. The molecule has 0 fully saturated rings. The van der Waals surface area contributed by atoms with Crippen LogP contribution in [-0.4, -0.2) is 37.7 Å². The Morgan fingerprint density at radius 2 is 1.53 bits per heavy atom. The van der Waals surface area contributed by atoms with Crippen LogP contribution >= 0.6 is 11.8 Å². The lowest BCUT2D eigenvalue weighted by molar-refractivity contribution is -0.897. The molecule has 0 bridgehead atoms. The van der Waals surface area contributed by atoms with E-state index in [1.165, 1.54) is 20.9 Å². The maximum atomic E-state index is 10.6. The highest BCUT2D eigenvalue weighted by Gasteiger charge is 2.19. The second kappa shape index (κ2) is 11.3. The fourth-order valence-electron chi connectivity index (χ4n) is 3.59. The lowest BCUT2D eigenvalue weighted by atomic mass is 10.0. The van der Waals surface area contributed by atoms with E-state index < -0.39 is 6.10 Å². The van der Waals surface area contributed by atoms with Gasteiger partial charge in [-0.3, -0.25) is 0 Å². The van der Waals surface area contributed by atoms with Crippen molar-refractivity contribution < 1.29 is 14.7 Å². The van der Waals surface area contributed by atoms with Crippen LogP contribution in [0, 0.1) is 6.92 Å². The Kier molecular flexibility index (Phi) is 8.52. The maximum absolute atomic E-state index is 10.6. The van der Waals surface area contributed by atoms with E-state index in [1.807, 2.05) is 18.2 Å². The number of hydrogen-bond donors (Lipinski definition) is 2.